The van der Waals surface area contributed by atoms with Crippen molar-refractivity contribution in [3.8, 4) is 0 Å². The van der Waals surface area contributed by atoms with Gasteiger partial charge < -0.3 is 35.1 Å². The van der Waals surface area contributed by atoms with Gasteiger partial charge in [-0.3, -0.25) is 38.5 Å². The number of ketones is 2. The van der Waals surface area contributed by atoms with E-state index < -0.39 is 53.5 Å². The van der Waals surface area contributed by atoms with Crippen LogP contribution in [-0.2, 0) is 49.4 Å². The fourth-order valence-electron chi connectivity index (χ4n) is 8.09. The summed E-state index contributed by atoms with van der Waals surface area (Å²) >= 11 is 5.45. The average molecular weight is 1030 g/mol. The minimum absolute atomic E-state index is 0.0229. The molecule has 16 nitrogen and oxygen atoms in total. The number of nitrogens with zero attached hydrogens (tertiary/aromatic N) is 3. The van der Waals surface area contributed by atoms with Gasteiger partial charge in [0.25, 0.3) is 5.91 Å². The maximum atomic E-state index is 14.4. The van der Waals surface area contributed by atoms with Crippen LogP contribution in [0.2, 0.25) is 0 Å². The van der Waals surface area contributed by atoms with Crippen LogP contribution >= 0.6 is 24.0 Å². The molecule has 2 rings (SSSR count). The van der Waals surface area contributed by atoms with Crippen LogP contribution in [0.25, 0.3) is 0 Å². The van der Waals surface area contributed by atoms with Crippen LogP contribution < -0.4 is 16.0 Å². The van der Waals surface area contributed by atoms with Crippen LogP contribution in [-0.4, -0.2) is 140 Å². The Kier molecular flexibility index (Phi) is 28.4. The molecular weight excluding hydrogens is 945 g/mol. The number of methoxy groups -OCH3 is 1. The second-order valence-electron chi connectivity index (χ2n) is 20.0. The van der Waals surface area contributed by atoms with Gasteiger partial charge in [-0.2, -0.15) is 12.6 Å². The number of carbonyl (C=O) groups excluding carboxylic acids is 7. The van der Waals surface area contributed by atoms with Crippen molar-refractivity contribution in [1.29, 1.82) is 0 Å². The van der Waals surface area contributed by atoms with Gasteiger partial charge in [-0.25, -0.2) is 4.98 Å². The lowest BCUT2D eigenvalue weighted by molar-refractivity contribution is -0.149. The highest BCUT2D eigenvalue weighted by molar-refractivity contribution is 7.80. The van der Waals surface area contributed by atoms with Gasteiger partial charge >= 0.3 is 5.97 Å². The Hall–Kier alpha value is -4.23. The highest BCUT2D eigenvalue weighted by Gasteiger charge is 2.39. The molecule has 18 heteroatoms. The molecule has 1 aromatic carbocycles. The number of Topliss-reactive ketones (excluding diaryl/α,β-unsaturated/α-hetero) is 2. The number of thiol groups is 1. The number of aryl methyl sites for hydroxylation is 1. The fraction of sp³-hybridized carbons (Fsp3) is 0.698. The number of hydrogen-bond donors (Lipinski definition) is 4. The third-order valence-electron chi connectivity index (χ3n) is 13.5. The van der Waals surface area contributed by atoms with E-state index in [9.17, 15) is 33.6 Å². The Bertz CT molecular complexity index is 1990. The molecule has 0 bridgehead atoms. The van der Waals surface area contributed by atoms with E-state index in [1.54, 1.807) is 31.4 Å². The summed E-state index contributed by atoms with van der Waals surface area (Å²) in [6, 6.07) is 6.29. The van der Waals surface area contributed by atoms with Gasteiger partial charge in [-0.15, -0.1) is 11.3 Å². The van der Waals surface area contributed by atoms with E-state index in [0.29, 0.717) is 69.0 Å². The Morgan fingerprint density at radius 3 is 2.18 bits per heavy atom. The van der Waals surface area contributed by atoms with Crippen molar-refractivity contribution < 1.29 is 47.8 Å². The van der Waals surface area contributed by atoms with E-state index in [1.807, 2.05) is 91.7 Å². The molecular formula is C53H86N6O10S2. The van der Waals surface area contributed by atoms with Crippen molar-refractivity contribution in [3.63, 3.8) is 0 Å². The molecule has 4 amide bonds. The van der Waals surface area contributed by atoms with Gasteiger partial charge in [-0.05, 0) is 96.5 Å². The van der Waals surface area contributed by atoms with Crippen LogP contribution in [0, 0.1) is 30.6 Å². The summed E-state index contributed by atoms with van der Waals surface area (Å²) < 4.78 is 16.1. The zero-order valence-electron chi connectivity index (χ0n) is 44.9. The normalized spacial score (nSPS) is 14.7. The molecule has 0 aliphatic heterocycles. The average Bonchev–Trinajstić information content (AvgIpc) is 3.82. The zero-order chi connectivity index (χ0) is 53.4. The number of carbonyl (C=O) groups is 7. The van der Waals surface area contributed by atoms with Crippen LogP contribution in [0.3, 0.4) is 0 Å². The number of rotatable bonds is 35. The van der Waals surface area contributed by atoms with E-state index in [1.165, 1.54) is 18.3 Å². The van der Waals surface area contributed by atoms with E-state index in [-0.39, 0.29) is 79.1 Å². The molecule has 0 spiro atoms. The summed E-state index contributed by atoms with van der Waals surface area (Å²) in [5.74, 6) is -2.60. The first-order chi connectivity index (χ1) is 33.5. The van der Waals surface area contributed by atoms with Gasteiger partial charge in [0, 0.05) is 76.2 Å². The summed E-state index contributed by atoms with van der Waals surface area (Å²) in [5, 5.41) is 10.9. The predicted molar refractivity (Wildman–Crippen MR) is 282 cm³/mol. The van der Waals surface area contributed by atoms with Crippen molar-refractivity contribution in [2.45, 2.75) is 156 Å². The number of unbranched alkanes of at least 4 members (excludes halogenated alkanes) is 1. The summed E-state index contributed by atoms with van der Waals surface area (Å²) in [6.07, 6.45) is 3.22. The maximum absolute atomic E-state index is 14.4. The van der Waals surface area contributed by atoms with Crippen LogP contribution in [0.1, 0.15) is 146 Å². The monoisotopic (exact) mass is 1030 g/mol. The van der Waals surface area contributed by atoms with Gasteiger partial charge in [0.2, 0.25) is 17.7 Å². The minimum Gasteiger partial charge on any atom is -0.455 e. The molecule has 71 heavy (non-hydrogen) atoms. The topological polar surface area (TPSA) is 203 Å². The quantitative estimate of drug-likeness (QED) is 0.0314. The van der Waals surface area contributed by atoms with Crippen molar-refractivity contribution in [2.75, 3.05) is 60.4 Å². The van der Waals surface area contributed by atoms with E-state index in [2.05, 4.69) is 28.6 Å². The first kappa shape index (κ1) is 62.9. The molecule has 1 aromatic heterocycles. The number of aromatic nitrogens is 1. The first-order valence-electron chi connectivity index (χ1n) is 25.2. The van der Waals surface area contributed by atoms with Crippen LogP contribution in [0.5, 0.6) is 0 Å². The number of hydrogen-bond acceptors (Lipinski definition) is 14. The number of thiazole rings is 1. The zero-order valence-corrected chi connectivity index (χ0v) is 46.6. The molecule has 0 aliphatic carbocycles. The van der Waals surface area contributed by atoms with E-state index in [4.69, 9.17) is 19.2 Å². The lowest BCUT2D eigenvalue weighted by atomic mass is 9.81. The largest absolute Gasteiger partial charge is 0.455 e. The number of amides is 4. The smallest absolute Gasteiger partial charge is 0.303 e. The number of nitrogens with one attached hydrogen (secondary N) is 3. The van der Waals surface area contributed by atoms with E-state index >= 15 is 0 Å². The molecule has 3 unspecified atom stereocenters. The Morgan fingerprint density at radius 1 is 0.915 bits per heavy atom. The van der Waals surface area contributed by atoms with Gasteiger partial charge in [-0.1, -0.05) is 70.9 Å². The Morgan fingerprint density at radius 2 is 1.59 bits per heavy atom. The highest BCUT2D eigenvalue weighted by Crippen LogP contribution is 2.33. The lowest BCUT2D eigenvalue weighted by Crippen LogP contribution is -2.50. The first-order valence-corrected chi connectivity index (χ1v) is 26.7. The van der Waals surface area contributed by atoms with E-state index in [0.717, 1.165) is 11.1 Å². The molecule has 3 N–H and O–H groups in total. The van der Waals surface area contributed by atoms with Gasteiger partial charge in [0.15, 0.2) is 17.7 Å². The fourth-order valence-corrected chi connectivity index (χ4v) is 9.08. The molecule has 2 aromatic rings. The minimum atomic E-state index is -0.877. The summed E-state index contributed by atoms with van der Waals surface area (Å²) in [6.45, 7) is 17.8. The number of esters is 1. The second-order valence-corrected chi connectivity index (χ2v) is 21.3. The van der Waals surface area contributed by atoms with Gasteiger partial charge in [0.1, 0.15) is 17.3 Å². The van der Waals surface area contributed by atoms with Crippen LogP contribution in [0.4, 0.5) is 0 Å². The molecule has 7 atom stereocenters. The number of likely N-dealkylation sites (N-methyl/N-ethyl adjacent to an activating group) is 1. The second kappa shape index (κ2) is 32.1. The SMILES string of the molecule is CCC(C)[C@H](CC(=O)C(C)(C)N(C)C)C(=O)N(C)[C@H](C[C@@H](OC(C)=O)c1nc(C(=O)N[C@@H](Cc2ccc(C)cc2)CC(C)C(=O)NC(CCCCNC(=O)COCCOC)C(=O)CCCS)cs1)C(C)C. The van der Waals surface area contributed by atoms with Crippen LogP contribution in [0.15, 0.2) is 29.6 Å². The lowest BCUT2D eigenvalue weighted by Gasteiger charge is -2.38. The molecule has 0 saturated carbocycles. The standard InChI is InChI=1S/C53H86N6O10S2/c1-14-36(5)41(30-47(62)53(8,9)58(10)11)52(66)59(12)44(34(2)3)31-46(69-38(7)60)51-57-43(33-71-51)50(65)55-40(29-39-22-20-35(4)21-23-39)28-37(6)49(64)56-42(45(61)19-17-27-70)18-15-16-24-54-48(63)32-68-26-25-67-13/h20-23,33-34,36-37,40-42,44,46,70H,14-19,24-32H2,1-13H3,(H,54,63)(H,55,65)(H,56,64)/t36?,37?,40-,41+,42?,44-,46-/m1/s1. The molecule has 400 valence electrons. The molecule has 1 heterocycles. The summed E-state index contributed by atoms with van der Waals surface area (Å²) in [7, 11) is 6.99. The molecule has 0 fully saturated rings. The number of benzene rings is 1. The van der Waals surface area contributed by atoms with Gasteiger partial charge in [0.05, 0.1) is 24.8 Å². The predicted octanol–water partition coefficient (Wildman–Crippen LogP) is 6.97. The highest BCUT2D eigenvalue weighted by atomic mass is 32.1. The Labute approximate surface area is 433 Å². The molecule has 0 radical (unpaired) electrons. The number of ether oxygens (including phenoxy) is 3. The third kappa shape index (κ3) is 21.8. The Balaban J connectivity index is 2.32. The summed E-state index contributed by atoms with van der Waals surface area (Å²) in [5.41, 5.74) is 1.39. The third-order valence-corrected chi connectivity index (χ3v) is 14.7. The molecule has 0 aliphatic rings. The van der Waals surface area contributed by atoms with Crippen molar-refractivity contribution in [2.24, 2.45) is 23.7 Å². The molecule has 0 saturated heterocycles. The summed E-state index contributed by atoms with van der Waals surface area (Å²) in [4.78, 5) is 102. The van der Waals surface area contributed by atoms with Crippen molar-refractivity contribution in [1.82, 2.24) is 30.7 Å². The van der Waals surface area contributed by atoms with Crippen molar-refractivity contribution >= 4 is 65.1 Å². The maximum Gasteiger partial charge on any atom is 0.303 e. The van der Waals surface area contributed by atoms with Crippen molar-refractivity contribution in [3.05, 3.63) is 51.5 Å².